The average molecular weight is 304 g/mol. The van der Waals surface area contributed by atoms with E-state index in [1.54, 1.807) is 6.92 Å². The van der Waals surface area contributed by atoms with Crippen LogP contribution in [0, 0.1) is 5.92 Å². The number of amides is 1. The Kier molecular flexibility index (Phi) is 3.97. The first kappa shape index (κ1) is 15.4. The fraction of sp³-hybridized carbons (Fsp3) is 0.538. The molecule has 2 atom stereocenters. The lowest BCUT2D eigenvalue weighted by atomic mass is 10.0. The number of hydrogen-bond acceptors (Lipinski definition) is 2. The van der Waals surface area contributed by atoms with Crippen LogP contribution in [0.3, 0.4) is 0 Å². The van der Waals surface area contributed by atoms with Crippen molar-refractivity contribution in [3.8, 4) is 0 Å². The van der Waals surface area contributed by atoms with Gasteiger partial charge < -0.3 is 14.6 Å². The maximum absolute atomic E-state index is 12.5. The molecule has 0 saturated carbocycles. The number of carboxylic acids is 1. The van der Waals surface area contributed by atoms with Gasteiger partial charge in [0.1, 0.15) is 12.2 Å². The van der Waals surface area contributed by atoms with Crippen LogP contribution in [0.1, 0.15) is 23.8 Å². The second-order valence-electron chi connectivity index (χ2n) is 5.11. The van der Waals surface area contributed by atoms with Gasteiger partial charge in [0.25, 0.3) is 5.91 Å². The highest BCUT2D eigenvalue weighted by Gasteiger charge is 2.39. The largest absolute Gasteiger partial charge is 0.481 e. The molecule has 0 aliphatic carbocycles. The van der Waals surface area contributed by atoms with Gasteiger partial charge in [-0.1, -0.05) is 0 Å². The molecule has 1 aliphatic rings. The minimum absolute atomic E-state index is 0.0785. The number of likely N-dealkylation sites (tertiary alicyclic amines) is 1. The highest BCUT2D eigenvalue weighted by atomic mass is 19.4. The predicted molar refractivity (Wildman–Crippen MR) is 66.7 cm³/mol. The molecule has 1 aromatic heterocycles. The minimum atomic E-state index is -4.42. The Morgan fingerprint density at radius 2 is 2.10 bits per heavy atom. The third-order valence-corrected chi connectivity index (χ3v) is 3.73. The van der Waals surface area contributed by atoms with Crippen LogP contribution in [-0.2, 0) is 11.3 Å². The standard InChI is InChI=1S/C13H15F3N2O3/c1-8-9(12(20)21)4-6-18(8)11(19)10-3-2-5-17(10)7-13(14,15)16/h2-3,5,8-9H,4,6-7H2,1H3,(H,20,21). The summed E-state index contributed by atoms with van der Waals surface area (Å²) in [6.07, 6.45) is -2.92. The van der Waals surface area contributed by atoms with Crippen LogP contribution in [0.4, 0.5) is 13.2 Å². The van der Waals surface area contributed by atoms with Crippen LogP contribution in [0.15, 0.2) is 18.3 Å². The van der Waals surface area contributed by atoms with Gasteiger partial charge in [-0.15, -0.1) is 0 Å². The lowest BCUT2D eigenvalue weighted by Gasteiger charge is -2.24. The maximum Gasteiger partial charge on any atom is 0.406 e. The van der Waals surface area contributed by atoms with Gasteiger partial charge in [-0.25, -0.2) is 0 Å². The maximum atomic E-state index is 12.5. The lowest BCUT2D eigenvalue weighted by molar-refractivity contribution is -0.142. The zero-order chi connectivity index (χ0) is 15.8. The van der Waals surface area contributed by atoms with E-state index in [-0.39, 0.29) is 12.2 Å². The van der Waals surface area contributed by atoms with E-state index in [1.807, 2.05) is 0 Å². The number of alkyl halides is 3. The number of nitrogens with zero attached hydrogens (tertiary/aromatic N) is 2. The highest BCUT2D eigenvalue weighted by Crippen LogP contribution is 2.27. The normalized spacial score (nSPS) is 22.6. The topological polar surface area (TPSA) is 62.5 Å². The fourth-order valence-corrected chi connectivity index (χ4v) is 2.64. The first-order valence-corrected chi connectivity index (χ1v) is 6.46. The van der Waals surface area contributed by atoms with Crippen LogP contribution in [0.25, 0.3) is 0 Å². The van der Waals surface area contributed by atoms with E-state index in [0.29, 0.717) is 6.42 Å². The SMILES string of the molecule is CC1C(C(=O)O)CCN1C(=O)c1cccn1CC(F)(F)F. The summed E-state index contributed by atoms with van der Waals surface area (Å²) in [5, 5.41) is 9.03. The zero-order valence-corrected chi connectivity index (χ0v) is 11.3. The number of carboxylic acid groups (broad SMARTS) is 1. The molecule has 1 aromatic rings. The molecule has 1 aliphatic heterocycles. The van der Waals surface area contributed by atoms with Gasteiger partial charge in [-0.05, 0) is 25.5 Å². The molecular weight excluding hydrogens is 289 g/mol. The van der Waals surface area contributed by atoms with Gasteiger partial charge in [0.2, 0.25) is 0 Å². The van der Waals surface area contributed by atoms with Crippen molar-refractivity contribution in [1.82, 2.24) is 9.47 Å². The summed E-state index contributed by atoms with van der Waals surface area (Å²) in [6, 6.07) is 2.15. The summed E-state index contributed by atoms with van der Waals surface area (Å²) in [6.45, 7) is 0.584. The predicted octanol–water partition coefficient (Wildman–Crippen LogP) is 1.99. The number of halogens is 3. The molecule has 0 spiro atoms. The fourth-order valence-electron chi connectivity index (χ4n) is 2.64. The Labute approximate surface area is 119 Å². The molecule has 1 saturated heterocycles. The molecule has 2 unspecified atom stereocenters. The van der Waals surface area contributed by atoms with Crippen molar-refractivity contribution in [2.45, 2.75) is 32.1 Å². The summed E-state index contributed by atoms with van der Waals surface area (Å²) < 4.78 is 38.2. The Morgan fingerprint density at radius 3 is 2.62 bits per heavy atom. The van der Waals surface area contributed by atoms with E-state index >= 15 is 0 Å². The van der Waals surface area contributed by atoms with Crippen LogP contribution in [-0.4, -0.2) is 45.2 Å². The molecule has 116 valence electrons. The number of rotatable bonds is 3. The second-order valence-corrected chi connectivity index (χ2v) is 5.11. The molecule has 8 heteroatoms. The van der Waals surface area contributed by atoms with E-state index in [1.165, 1.54) is 23.2 Å². The van der Waals surface area contributed by atoms with E-state index in [2.05, 4.69) is 0 Å². The lowest BCUT2D eigenvalue weighted by Crippen LogP contribution is -2.39. The highest BCUT2D eigenvalue weighted by molar-refractivity contribution is 5.93. The van der Waals surface area contributed by atoms with Crippen molar-refractivity contribution in [1.29, 1.82) is 0 Å². The molecule has 5 nitrogen and oxygen atoms in total. The van der Waals surface area contributed by atoms with Gasteiger partial charge in [0, 0.05) is 18.8 Å². The monoisotopic (exact) mass is 304 g/mol. The zero-order valence-electron chi connectivity index (χ0n) is 11.3. The van der Waals surface area contributed by atoms with Gasteiger partial charge >= 0.3 is 12.1 Å². The smallest absolute Gasteiger partial charge is 0.406 e. The van der Waals surface area contributed by atoms with Crippen molar-refractivity contribution in [2.24, 2.45) is 5.92 Å². The summed E-state index contributed by atoms with van der Waals surface area (Å²) in [5.74, 6) is -2.25. The third-order valence-electron chi connectivity index (χ3n) is 3.73. The molecule has 1 amide bonds. The Balaban J connectivity index is 2.18. The van der Waals surface area contributed by atoms with Gasteiger partial charge in [0.15, 0.2) is 0 Å². The van der Waals surface area contributed by atoms with Crippen molar-refractivity contribution >= 4 is 11.9 Å². The Bertz CT molecular complexity index is 553. The van der Waals surface area contributed by atoms with Crippen LogP contribution < -0.4 is 0 Å². The molecular formula is C13H15F3N2O3. The quantitative estimate of drug-likeness (QED) is 0.929. The van der Waals surface area contributed by atoms with Crippen LogP contribution >= 0.6 is 0 Å². The number of aliphatic carboxylic acids is 1. The van der Waals surface area contributed by atoms with Gasteiger partial charge in [0.05, 0.1) is 5.92 Å². The van der Waals surface area contributed by atoms with Crippen molar-refractivity contribution in [3.63, 3.8) is 0 Å². The first-order valence-electron chi connectivity index (χ1n) is 6.46. The number of aromatic nitrogens is 1. The van der Waals surface area contributed by atoms with E-state index in [9.17, 15) is 22.8 Å². The molecule has 0 aromatic carbocycles. The second kappa shape index (κ2) is 5.42. The summed E-state index contributed by atoms with van der Waals surface area (Å²) in [7, 11) is 0. The average Bonchev–Trinajstić information content (AvgIpc) is 2.93. The minimum Gasteiger partial charge on any atom is -0.481 e. The molecule has 2 rings (SSSR count). The number of hydrogen-bond donors (Lipinski definition) is 1. The Morgan fingerprint density at radius 1 is 1.43 bits per heavy atom. The molecule has 0 bridgehead atoms. The summed E-state index contributed by atoms with van der Waals surface area (Å²) in [5.41, 5.74) is -0.0785. The molecule has 0 radical (unpaired) electrons. The van der Waals surface area contributed by atoms with E-state index in [0.717, 1.165) is 4.57 Å². The van der Waals surface area contributed by atoms with E-state index < -0.39 is 36.6 Å². The first-order chi connectivity index (χ1) is 9.70. The van der Waals surface area contributed by atoms with Crippen LogP contribution in [0.5, 0.6) is 0 Å². The van der Waals surface area contributed by atoms with Gasteiger partial charge in [-0.2, -0.15) is 13.2 Å². The summed E-state index contributed by atoms with van der Waals surface area (Å²) >= 11 is 0. The number of carbonyl (C=O) groups excluding carboxylic acids is 1. The van der Waals surface area contributed by atoms with Crippen LogP contribution in [0.2, 0.25) is 0 Å². The van der Waals surface area contributed by atoms with Crippen molar-refractivity contribution in [2.75, 3.05) is 6.54 Å². The third kappa shape index (κ3) is 3.20. The molecule has 1 fully saturated rings. The molecule has 2 heterocycles. The van der Waals surface area contributed by atoms with E-state index in [4.69, 9.17) is 5.11 Å². The molecule has 1 N–H and O–H groups in total. The Hall–Kier alpha value is -1.99. The summed E-state index contributed by atoms with van der Waals surface area (Å²) in [4.78, 5) is 24.7. The number of carbonyl (C=O) groups is 2. The van der Waals surface area contributed by atoms with Crippen molar-refractivity contribution < 1.29 is 27.9 Å². The van der Waals surface area contributed by atoms with Gasteiger partial charge in [-0.3, -0.25) is 9.59 Å². The van der Waals surface area contributed by atoms with Crippen molar-refractivity contribution in [3.05, 3.63) is 24.0 Å². The molecule has 21 heavy (non-hydrogen) atoms.